The number of sulfonamides is 1. The van der Waals surface area contributed by atoms with Gasteiger partial charge in [0.15, 0.2) is 5.82 Å². The Labute approximate surface area is 151 Å². The standard InChI is InChI=1S/C17H20FN3O4S/c1-11-9-14(18)3-4-15(11)26(23,24)21-7-5-13(6-8-21)17(22)19-16-10-12(2)25-20-16/h3-4,9-10,13H,5-8H2,1-2H3,(H,19,20,22). The summed E-state index contributed by atoms with van der Waals surface area (Å²) in [5.41, 5.74) is 0.367. The van der Waals surface area contributed by atoms with Gasteiger partial charge in [-0.2, -0.15) is 4.31 Å². The summed E-state index contributed by atoms with van der Waals surface area (Å²) in [6, 6.07) is 5.24. The van der Waals surface area contributed by atoms with Crippen molar-refractivity contribution in [2.24, 2.45) is 5.92 Å². The zero-order valence-electron chi connectivity index (χ0n) is 14.5. The van der Waals surface area contributed by atoms with Crippen molar-refractivity contribution in [3.8, 4) is 0 Å². The van der Waals surface area contributed by atoms with Gasteiger partial charge in [-0.1, -0.05) is 5.16 Å². The van der Waals surface area contributed by atoms with Gasteiger partial charge in [-0.15, -0.1) is 0 Å². The van der Waals surface area contributed by atoms with Crippen LogP contribution in [-0.2, 0) is 14.8 Å². The lowest BCUT2D eigenvalue weighted by atomic mass is 9.97. The molecule has 1 aliphatic heterocycles. The molecule has 1 fully saturated rings. The Morgan fingerprint density at radius 2 is 1.96 bits per heavy atom. The molecule has 140 valence electrons. The number of aryl methyl sites for hydroxylation is 2. The minimum absolute atomic E-state index is 0.0971. The van der Waals surface area contributed by atoms with Crippen LogP contribution in [0.3, 0.4) is 0 Å². The molecule has 1 aromatic heterocycles. The van der Waals surface area contributed by atoms with Crippen molar-refractivity contribution in [1.82, 2.24) is 9.46 Å². The fraction of sp³-hybridized carbons (Fsp3) is 0.412. The summed E-state index contributed by atoms with van der Waals surface area (Å²) in [5, 5.41) is 6.40. The first-order chi connectivity index (χ1) is 12.3. The number of hydrogen-bond acceptors (Lipinski definition) is 5. The number of hydrogen-bond donors (Lipinski definition) is 1. The number of anilines is 1. The molecular weight excluding hydrogens is 361 g/mol. The van der Waals surface area contributed by atoms with E-state index in [0.717, 1.165) is 6.07 Å². The Bertz CT molecular complexity index is 918. The van der Waals surface area contributed by atoms with Crippen molar-refractivity contribution < 1.29 is 22.1 Å². The van der Waals surface area contributed by atoms with Gasteiger partial charge >= 0.3 is 0 Å². The first kappa shape index (κ1) is 18.5. The molecule has 0 bridgehead atoms. The molecule has 1 amide bonds. The van der Waals surface area contributed by atoms with Crippen molar-refractivity contribution in [2.75, 3.05) is 18.4 Å². The van der Waals surface area contributed by atoms with Gasteiger partial charge in [-0.3, -0.25) is 4.79 Å². The van der Waals surface area contributed by atoms with Gasteiger partial charge in [0.1, 0.15) is 11.6 Å². The molecule has 3 rings (SSSR count). The maximum absolute atomic E-state index is 13.2. The molecular formula is C17H20FN3O4S. The second-order valence-electron chi connectivity index (χ2n) is 6.40. The van der Waals surface area contributed by atoms with Crippen LogP contribution in [0.15, 0.2) is 33.7 Å². The van der Waals surface area contributed by atoms with E-state index in [-0.39, 0.29) is 29.8 Å². The third-order valence-electron chi connectivity index (χ3n) is 4.46. The summed E-state index contributed by atoms with van der Waals surface area (Å²) in [6.07, 6.45) is 0.810. The lowest BCUT2D eigenvalue weighted by Crippen LogP contribution is -2.41. The normalized spacial score (nSPS) is 16.6. The minimum atomic E-state index is -3.71. The van der Waals surface area contributed by atoms with Crippen molar-refractivity contribution in [1.29, 1.82) is 0 Å². The smallest absolute Gasteiger partial charge is 0.243 e. The maximum Gasteiger partial charge on any atom is 0.243 e. The number of benzene rings is 1. The van der Waals surface area contributed by atoms with Crippen LogP contribution in [0.4, 0.5) is 10.2 Å². The van der Waals surface area contributed by atoms with Crippen LogP contribution in [0.2, 0.25) is 0 Å². The molecule has 0 atom stereocenters. The van der Waals surface area contributed by atoms with E-state index < -0.39 is 15.8 Å². The van der Waals surface area contributed by atoms with Crippen LogP contribution in [0.25, 0.3) is 0 Å². The van der Waals surface area contributed by atoms with Gasteiger partial charge in [0.2, 0.25) is 15.9 Å². The molecule has 9 heteroatoms. The predicted octanol–water partition coefficient (Wildman–Crippen LogP) is 2.47. The molecule has 0 spiro atoms. The SMILES string of the molecule is Cc1cc(NC(=O)C2CCN(S(=O)(=O)c3ccc(F)cc3C)CC2)no1. The molecule has 1 saturated heterocycles. The molecule has 7 nitrogen and oxygen atoms in total. The lowest BCUT2D eigenvalue weighted by molar-refractivity contribution is -0.120. The number of nitrogens with one attached hydrogen (secondary N) is 1. The summed E-state index contributed by atoms with van der Waals surface area (Å²) in [5.74, 6) is -0.0265. The Kier molecular flexibility index (Phi) is 5.10. The van der Waals surface area contributed by atoms with E-state index in [1.165, 1.54) is 16.4 Å². The van der Waals surface area contributed by atoms with Gasteiger partial charge in [-0.05, 0) is 50.5 Å². The van der Waals surface area contributed by atoms with Crippen molar-refractivity contribution in [3.05, 3.63) is 41.4 Å². The van der Waals surface area contributed by atoms with E-state index in [0.29, 0.717) is 30.0 Å². The highest BCUT2D eigenvalue weighted by atomic mass is 32.2. The monoisotopic (exact) mass is 381 g/mol. The highest BCUT2D eigenvalue weighted by molar-refractivity contribution is 7.89. The third kappa shape index (κ3) is 3.78. The number of aromatic nitrogens is 1. The quantitative estimate of drug-likeness (QED) is 0.878. The summed E-state index contributed by atoms with van der Waals surface area (Å²) in [6.45, 7) is 3.75. The van der Waals surface area contributed by atoms with Crippen LogP contribution < -0.4 is 5.32 Å². The molecule has 1 aliphatic rings. The molecule has 2 heterocycles. The Hall–Kier alpha value is -2.26. The average molecular weight is 381 g/mol. The number of piperidine rings is 1. The average Bonchev–Trinajstić information content (AvgIpc) is 2.99. The fourth-order valence-corrected chi connectivity index (χ4v) is 4.73. The molecule has 2 aromatic rings. The zero-order valence-corrected chi connectivity index (χ0v) is 15.3. The number of carbonyl (C=O) groups excluding carboxylic acids is 1. The van der Waals surface area contributed by atoms with Crippen molar-refractivity contribution >= 4 is 21.7 Å². The van der Waals surface area contributed by atoms with E-state index in [1.807, 2.05) is 0 Å². The first-order valence-corrected chi connectivity index (χ1v) is 9.72. The molecule has 0 radical (unpaired) electrons. The number of nitrogens with zero attached hydrogens (tertiary/aromatic N) is 2. The van der Waals surface area contributed by atoms with Gasteiger partial charge in [0.05, 0.1) is 4.90 Å². The second kappa shape index (κ2) is 7.16. The number of amides is 1. The number of carbonyl (C=O) groups is 1. The third-order valence-corrected chi connectivity index (χ3v) is 6.52. The van der Waals surface area contributed by atoms with Crippen LogP contribution in [-0.4, -0.2) is 36.9 Å². The lowest BCUT2D eigenvalue weighted by Gasteiger charge is -2.30. The van der Waals surface area contributed by atoms with Gasteiger partial charge in [0, 0.05) is 25.1 Å². The molecule has 0 unspecified atom stereocenters. The summed E-state index contributed by atoms with van der Waals surface area (Å²) in [4.78, 5) is 12.4. The van der Waals surface area contributed by atoms with E-state index >= 15 is 0 Å². The fourth-order valence-electron chi connectivity index (χ4n) is 3.05. The van der Waals surface area contributed by atoms with E-state index in [4.69, 9.17) is 4.52 Å². The molecule has 0 saturated carbocycles. The topological polar surface area (TPSA) is 92.5 Å². The molecule has 1 aromatic carbocycles. The Balaban J connectivity index is 1.65. The predicted molar refractivity (Wildman–Crippen MR) is 92.5 cm³/mol. The first-order valence-electron chi connectivity index (χ1n) is 8.28. The largest absolute Gasteiger partial charge is 0.360 e. The zero-order chi connectivity index (χ0) is 18.9. The minimum Gasteiger partial charge on any atom is -0.360 e. The number of rotatable bonds is 4. The molecule has 1 N–H and O–H groups in total. The second-order valence-corrected chi connectivity index (χ2v) is 8.31. The highest BCUT2D eigenvalue weighted by Gasteiger charge is 2.33. The maximum atomic E-state index is 13.2. The molecule has 0 aliphatic carbocycles. The van der Waals surface area contributed by atoms with Crippen LogP contribution in [0.5, 0.6) is 0 Å². The van der Waals surface area contributed by atoms with Crippen molar-refractivity contribution in [3.63, 3.8) is 0 Å². The Morgan fingerprint density at radius 1 is 1.27 bits per heavy atom. The Morgan fingerprint density at radius 3 is 2.54 bits per heavy atom. The summed E-state index contributed by atoms with van der Waals surface area (Å²) < 4.78 is 45.0. The highest BCUT2D eigenvalue weighted by Crippen LogP contribution is 2.26. The van der Waals surface area contributed by atoms with Gasteiger partial charge in [-0.25, -0.2) is 12.8 Å². The number of halogens is 1. The van der Waals surface area contributed by atoms with Crippen molar-refractivity contribution in [2.45, 2.75) is 31.6 Å². The van der Waals surface area contributed by atoms with E-state index in [9.17, 15) is 17.6 Å². The summed E-state index contributed by atoms with van der Waals surface area (Å²) >= 11 is 0. The van der Waals surface area contributed by atoms with E-state index in [1.54, 1.807) is 19.9 Å². The summed E-state index contributed by atoms with van der Waals surface area (Å²) in [7, 11) is -3.71. The van der Waals surface area contributed by atoms with E-state index in [2.05, 4.69) is 10.5 Å². The van der Waals surface area contributed by atoms with Gasteiger partial charge in [0.25, 0.3) is 0 Å². The van der Waals surface area contributed by atoms with Gasteiger partial charge < -0.3 is 9.84 Å². The van der Waals surface area contributed by atoms with Crippen LogP contribution in [0, 0.1) is 25.6 Å². The van der Waals surface area contributed by atoms with Crippen LogP contribution in [0.1, 0.15) is 24.2 Å². The molecule has 26 heavy (non-hydrogen) atoms. The van der Waals surface area contributed by atoms with Crippen LogP contribution >= 0.6 is 0 Å².